The van der Waals surface area contributed by atoms with Crippen LogP contribution in [0.1, 0.15) is 20.8 Å². The Labute approximate surface area is 102 Å². The van der Waals surface area contributed by atoms with Crippen molar-refractivity contribution >= 4 is 8.07 Å². The number of nitroso groups, excluding NO2 is 3. The van der Waals surface area contributed by atoms with E-state index in [9.17, 15) is 14.7 Å². The van der Waals surface area contributed by atoms with Crippen LogP contribution in [0, 0.1) is 14.7 Å². The van der Waals surface area contributed by atoms with E-state index in [-0.39, 0.29) is 18.1 Å². The van der Waals surface area contributed by atoms with Gasteiger partial charge in [-0.1, -0.05) is 22.1 Å². The minimum atomic E-state index is -1.88. The molecular formula is C10H21N3O3Si. The highest BCUT2D eigenvalue weighted by atomic mass is 28.3. The van der Waals surface area contributed by atoms with Gasteiger partial charge in [0.05, 0.1) is 26.2 Å². The molecule has 0 spiro atoms. The number of hydrogen-bond donors (Lipinski definition) is 0. The van der Waals surface area contributed by atoms with Crippen LogP contribution in [0.4, 0.5) is 0 Å². The van der Waals surface area contributed by atoms with Gasteiger partial charge in [-0.05, 0) is 38.9 Å². The van der Waals surface area contributed by atoms with E-state index in [1.807, 2.05) is 0 Å². The molecule has 0 aromatic heterocycles. The summed E-state index contributed by atoms with van der Waals surface area (Å²) in [4.78, 5) is 31.5. The average Bonchev–Trinajstić information content (AvgIpc) is 2.27. The lowest BCUT2D eigenvalue weighted by molar-refractivity contribution is 0.733. The van der Waals surface area contributed by atoms with Gasteiger partial charge in [0, 0.05) is 0 Å². The van der Waals surface area contributed by atoms with E-state index in [2.05, 4.69) is 22.1 Å². The van der Waals surface area contributed by atoms with E-state index in [0.29, 0.717) is 18.1 Å². The summed E-state index contributed by atoms with van der Waals surface area (Å²) in [6.07, 6.45) is 0. The van der Waals surface area contributed by atoms with E-state index < -0.39 is 8.07 Å². The number of rotatable bonds is 9. The molecule has 0 heterocycles. The van der Waals surface area contributed by atoms with E-state index in [1.54, 1.807) is 20.8 Å². The Morgan fingerprint density at radius 2 is 1.00 bits per heavy atom. The van der Waals surface area contributed by atoms with Crippen molar-refractivity contribution in [3.63, 3.8) is 0 Å². The SMILES string of the molecule is CC(C[Si](C)(CC(C)N=O)CC(C)N=O)N=O. The molecule has 0 saturated carbocycles. The first-order valence-corrected chi connectivity index (χ1v) is 8.96. The van der Waals surface area contributed by atoms with Gasteiger partial charge in [0.25, 0.3) is 0 Å². The van der Waals surface area contributed by atoms with E-state index >= 15 is 0 Å². The molecule has 0 radical (unpaired) electrons. The second-order valence-corrected chi connectivity index (χ2v) is 10.1. The smallest absolute Gasteiger partial charge is 0.0868 e. The van der Waals surface area contributed by atoms with Crippen LogP contribution in [0.5, 0.6) is 0 Å². The van der Waals surface area contributed by atoms with Gasteiger partial charge >= 0.3 is 0 Å². The topological polar surface area (TPSA) is 88.3 Å². The van der Waals surface area contributed by atoms with Crippen molar-refractivity contribution in [1.29, 1.82) is 0 Å². The summed E-state index contributed by atoms with van der Waals surface area (Å²) in [6.45, 7) is 7.36. The van der Waals surface area contributed by atoms with Gasteiger partial charge in [0.2, 0.25) is 0 Å². The first-order chi connectivity index (χ1) is 7.86. The molecule has 17 heavy (non-hydrogen) atoms. The van der Waals surface area contributed by atoms with Gasteiger partial charge in [-0.15, -0.1) is 0 Å². The molecule has 98 valence electrons. The molecule has 0 aliphatic heterocycles. The fraction of sp³-hybridized carbons (Fsp3) is 1.00. The summed E-state index contributed by atoms with van der Waals surface area (Å²) in [5.74, 6) is 0. The van der Waals surface area contributed by atoms with Crippen LogP contribution in [-0.2, 0) is 0 Å². The van der Waals surface area contributed by atoms with Crippen molar-refractivity contribution in [2.75, 3.05) is 0 Å². The van der Waals surface area contributed by atoms with E-state index in [1.165, 1.54) is 0 Å². The number of hydrogen-bond acceptors (Lipinski definition) is 6. The largest absolute Gasteiger partial charge is 0.151 e. The Bertz CT molecular complexity index is 235. The van der Waals surface area contributed by atoms with Crippen LogP contribution in [0.15, 0.2) is 15.5 Å². The normalized spacial score (nSPS) is 19.8. The fourth-order valence-corrected chi connectivity index (χ4v) is 7.50. The zero-order valence-electron chi connectivity index (χ0n) is 10.9. The van der Waals surface area contributed by atoms with Gasteiger partial charge in [-0.3, -0.25) is 0 Å². The van der Waals surface area contributed by atoms with Gasteiger partial charge < -0.3 is 0 Å². The van der Waals surface area contributed by atoms with E-state index in [4.69, 9.17) is 0 Å². The minimum Gasteiger partial charge on any atom is -0.151 e. The first-order valence-electron chi connectivity index (χ1n) is 5.84. The second-order valence-electron chi connectivity index (χ2n) is 5.29. The van der Waals surface area contributed by atoms with Crippen molar-refractivity contribution in [3.8, 4) is 0 Å². The molecule has 3 unspecified atom stereocenters. The van der Waals surface area contributed by atoms with Crippen molar-refractivity contribution in [3.05, 3.63) is 14.7 Å². The quantitative estimate of drug-likeness (QED) is 0.468. The third-order valence-electron chi connectivity index (χ3n) is 2.90. The zero-order chi connectivity index (χ0) is 13.5. The highest BCUT2D eigenvalue weighted by Crippen LogP contribution is 2.28. The molecule has 3 atom stereocenters. The third kappa shape index (κ3) is 6.35. The van der Waals surface area contributed by atoms with Crippen molar-refractivity contribution in [2.24, 2.45) is 15.5 Å². The lowest BCUT2D eigenvalue weighted by Gasteiger charge is -2.30. The van der Waals surface area contributed by atoms with Crippen molar-refractivity contribution in [2.45, 2.75) is 63.6 Å². The summed E-state index contributed by atoms with van der Waals surface area (Å²) < 4.78 is 0. The predicted octanol–water partition coefficient (Wildman–Crippen LogP) is 3.53. The molecule has 0 amide bonds. The van der Waals surface area contributed by atoms with Crippen LogP contribution in [0.25, 0.3) is 0 Å². The zero-order valence-corrected chi connectivity index (χ0v) is 11.9. The molecule has 0 aromatic carbocycles. The van der Waals surface area contributed by atoms with Crippen LogP contribution in [0.2, 0.25) is 24.7 Å². The lowest BCUT2D eigenvalue weighted by atomic mass is 10.4. The summed E-state index contributed by atoms with van der Waals surface area (Å²) >= 11 is 0. The molecule has 0 rings (SSSR count). The van der Waals surface area contributed by atoms with E-state index in [0.717, 1.165) is 0 Å². The summed E-state index contributed by atoms with van der Waals surface area (Å²) in [5.41, 5.74) is 0. The van der Waals surface area contributed by atoms with Gasteiger partial charge in [-0.25, -0.2) is 0 Å². The van der Waals surface area contributed by atoms with Crippen LogP contribution < -0.4 is 0 Å². The molecule has 6 nitrogen and oxygen atoms in total. The van der Waals surface area contributed by atoms with Crippen LogP contribution in [0.3, 0.4) is 0 Å². The molecule has 0 bridgehead atoms. The molecule has 7 heteroatoms. The van der Waals surface area contributed by atoms with Gasteiger partial charge in [0.1, 0.15) is 0 Å². The lowest BCUT2D eigenvalue weighted by Crippen LogP contribution is -2.38. The highest BCUT2D eigenvalue weighted by Gasteiger charge is 2.33. The monoisotopic (exact) mass is 259 g/mol. The summed E-state index contributed by atoms with van der Waals surface area (Å²) in [7, 11) is -1.88. The minimum absolute atomic E-state index is 0.274. The Balaban J connectivity index is 4.71. The molecule has 0 N–H and O–H groups in total. The molecule has 0 aliphatic rings. The maximum atomic E-state index is 10.5. The molecule has 0 aliphatic carbocycles. The average molecular weight is 259 g/mol. The van der Waals surface area contributed by atoms with Crippen LogP contribution >= 0.6 is 0 Å². The first kappa shape index (κ1) is 16.0. The van der Waals surface area contributed by atoms with Gasteiger partial charge in [-0.2, -0.15) is 14.7 Å². The maximum Gasteiger partial charge on any atom is 0.0868 e. The van der Waals surface area contributed by atoms with Crippen LogP contribution in [-0.4, -0.2) is 26.2 Å². The molecule has 0 aromatic rings. The van der Waals surface area contributed by atoms with Crippen molar-refractivity contribution < 1.29 is 0 Å². The third-order valence-corrected chi connectivity index (χ3v) is 7.63. The Morgan fingerprint density at radius 3 is 1.18 bits per heavy atom. The Kier molecular flexibility index (Phi) is 6.94. The molecule has 0 saturated heterocycles. The second kappa shape index (κ2) is 7.36. The Morgan fingerprint density at radius 1 is 0.765 bits per heavy atom. The molecular weight excluding hydrogens is 238 g/mol. The summed E-state index contributed by atoms with van der Waals surface area (Å²) in [6, 6.07) is 1.21. The standard InChI is InChI=1S/C10H21N3O3Si/c1-8(11-14)5-17(4,6-9(2)12-15)7-10(3)13-16/h8-10H,5-7H2,1-4H3. The molecule has 0 fully saturated rings. The maximum absolute atomic E-state index is 10.5. The number of nitrogens with zero attached hydrogens (tertiary/aromatic N) is 3. The summed E-state index contributed by atoms with van der Waals surface area (Å²) in [5, 5.41) is 9.02. The van der Waals surface area contributed by atoms with Gasteiger partial charge in [0.15, 0.2) is 0 Å². The highest BCUT2D eigenvalue weighted by molar-refractivity contribution is 6.79. The Hall–Kier alpha value is -0.983. The predicted molar refractivity (Wildman–Crippen MR) is 71.8 cm³/mol. The fourth-order valence-electron chi connectivity index (χ4n) is 2.50. The van der Waals surface area contributed by atoms with Crippen molar-refractivity contribution in [1.82, 2.24) is 0 Å².